The van der Waals surface area contributed by atoms with E-state index in [0.29, 0.717) is 23.8 Å². The number of carbonyl (C=O) groups is 2. The van der Waals surface area contributed by atoms with Crippen LogP contribution in [-0.4, -0.2) is 24.5 Å². The molecule has 2 N–H and O–H groups in total. The zero-order valence-corrected chi connectivity index (χ0v) is 21.1. The Bertz CT molecular complexity index is 1100. The van der Waals surface area contributed by atoms with Gasteiger partial charge in [0.15, 0.2) is 12.7 Å². The minimum atomic E-state index is -0.749. The van der Waals surface area contributed by atoms with Gasteiger partial charge in [0.25, 0.3) is 11.8 Å². The van der Waals surface area contributed by atoms with Crippen LogP contribution in [0.3, 0.4) is 0 Å². The monoisotopic (exact) mass is 524 g/mol. The van der Waals surface area contributed by atoms with Crippen LogP contribution in [0.2, 0.25) is 0 Å². The SMILES string of the molecule is CCC(Oc1ccc(-c2ccccc2)cc1)C(=O)NNC(=O)COc1ccc(C(C)C)cc1Br. The van der Waals surface area contributed by atoms with Crippen LogP contribution >= 0.6 is 15.9 Å². The quantitative estimate of drug-likeness (QED) is 0.356. The summed E-state index contributed by atoms with van der Waals surface area (Å²) in [6.07, 6.45) is -0.310. The van der Waals surface area contributed by atoms with E-state index in [9.17, 15) is 9.59 Å². The number of amides is 2. The normalized spacial score (nSPS) is 11.6. The second-order valence-electron chi connectivity index (χ2n) is 8.08. The summed E-state index contributed by atoms with van der Waals surface area (Å²) < 4.78 is 12.1. The van der Waals surface area contributed by atoms with Crippen molar-refractivity contribution in [2.24, 2.45) is 0 Å². The molecule has 0 saturated carbocycles. The molecule has 3 aromatic rings. The van der Waals surface area contributed by atoms with Gasteiger partial charge in [0.05, 0.1) is 4.47 Å². The standard InChI is InChI=1S/C27H29BrN2O4/c1-4-24(34-22-13-10-20(11-14-22)19-8-6-5-7-9-19)27(32)30-29-26(31)17-33-25-15-12-21(18(2)3)16-23(25)28/h5-16,18,24H,4,17H2,1-3H3,(H,29,31)(H,30,32). The molecule has 3 rings (SSSR count). The summed E-state index contributed by atoms with van der Waals surface area (Å²) in [6, 6.07) is 23.3. The Hall–Kier alpha value is -3.32. The summed E-state index contributed by atoms with van der Waals surface area (Å²) in [5.41, 5.74) is 8.11. The first-order chi connectivity index (χ1) is 16.4. The summed E-state index contributed by atoms with van der Waals surface area (Å²) in [4.78, 5) is 24.6. The molecule has 0 aliphatic carbocycles. The van der Waals surface area contributed by atoms with E-state index in [2.05, 4.69) is 40.6 Å². The predicted octanol–water partition coefficient (Wildman–Crippen LogP) is 5.62. The number of rotatable bonds is 9. The first-order valence-electron chi connectivity index (χ1n) is 11.2. The van der Waals surface area contributed by atoms with Gasteiger partial charge >= 0.3 is 0 Å². The third-order valence-corrected chi connectivity index (χ3v) is 5.83. The number of halogens is 1. The van der Waals surface area contributed by atoms with Crippen LogP contribution in [0, 0.1) is 0 Å². The van der Waals surface area contributed by atoms with Gasteiger partial charge in [0.2, 0.25) is 0 Å². The van der Waals surface area contributed by atoms with Crippen LogP contribution in [0.15, 0.2) is 77.3 Å². The van der Waals surface area contributed by atoms with Gasteiger partial charge in [-0.15, -0.1) is 0 Å². The van der Waals surface area contributed by atoms with E-state index in [1.54, 1.807) is 0 Å². The Morgan fingerprint density at radius 1 is 0.912 bits per heavy atom. The fraction of sp³-hybridized carbons (Fsp3) is 0.259. The number of nitrogens with one attached hydrogen (secondary N) is 2. The van der Waals surface area contributed by atoms with Gasteiger partial charge in [-0.1, -0.05) is 69.3 Å². The zero-order valence-electron chi connectivity index (χ0n) is 19.5. The van der Waals surface area contributed by atoms with Crippen LogP contribution in [0.25, 0.3) is 11.1 Å². The Morgan fingerprint density at radius 3 is 2.21 bits per heavy atom. The topological polar surface area (TPSA) is 76.7 Å². The number of carbonyl (C=O) groups excluding carboxylic acids is 2. The molecule has 178 valence electrons. The molecule has 1 atom stereocenters. The molecule has 0 aromatic heterocycles. The first-order valence-corrected chi connectivity index (χ1v) is 12.0. The molecule has 0 aliphatic heterocycles. The van der Waals surface area contributed by atoms with Crippen LogP contribution in [0.1, 0.15) is 38.7 Å². The Labute approximate surface area is 208 Å². The van der Waals surface area contributed by atoms with Gasteiger partial charge in [-0.25, -0.2) is 0 Å². The smallest absolute Gasteiger partial charge is 0.279 e. The minimum absolute atomic E-state index is 0.238. The van der Waals surface area contributed by atoms with Gasteiger partial charge < -0.3 is 9.47 Å². The van der Waals surface area contributed by atoms with E-state index in [0.717, 1.165) is 21.2 Å². The van der Waals surface area contributed by atoms with Gasteiger partial charge in [-0.05, 0) is 69.2 Å². The Morgan fingerprint density at radius 2 is 1.59 bits per heavy atom. The fourth-order valence-corrected chi connectivity index (χ4v) is 3.74. The predicted molar refractivity (Wildman–Crippen MR) is 137 cm³/mol. The molecule has 34 heavy (non-hydrogen) atoms. The Kier molecular flexibility index (Phi) is 9.10. The van der Waals surface area contributed by atoms with Crippen molar-refractivity contribution in [1.29, 1.82) is 0 Å². The van der Waals surface area contributed by atoms with E-state index >= 15 is 0 Å². The molecule has 0 heterocycles. The van der Waals surface area contributed by atoms with Crippen molar-refractivity contribution in [3.05, 3.63) is 82.8 Å². The van der Waals surface area contributed by atoms with Gasteiger partial charge in [-0.3, -0.25) is 20.4 Å². The van der Waals surface area contributed by atoms with Gasteiger partial charge in [0, 0.05) is 0 Å². The number of hydrogen-bond donors (Lipinski definition) is 2. The van der Waals surface area contributed by atoms with Crippen molar-refractivity contribution < 1.29 is 19.1 Å². The molecule has 0 aliphatic rings. The Balaban J connectivity index is 1.47. The van der Waals surface area contributed by atoms with Crippen molar-refractivity contribution >= 4 is 27.7 Å². The lowest BCUT2D eigenvalue weighted by Crippen LogP contribution is -2.49. The molecule has 6 nitrogen and oxygen atoms in total. The number of hydrogen-bond acceptors (Lipinski definition) is 4. The highest BCUT2D eigenvalue weighted by Gasteiger charge is 2.19. The molecule has 2 amide bonds. The van der Waals surface area contributed by atoms with Crippen molar-refractivity contribution in [3.63, 3.8) is 0 Å². The van der Waals surface area contributed by atoms with Gasteiger partial charge in [0.1, 0.15) is 11.5 Å². The first kappa shape index (κ1) is 25.3. The highest BCUT2D eigenvalue weighted by molar-refractivity contribution is 9.10. The van der Waals surface area contributed by atoms with Crippen molar-refractivity contribution in [3.8, 4) is 22.6 Å². The second-order valence-corrected chi connectivity index (χ2v) is 8.93. The van der Waals surface area contributed by atoms with Crippen LogP contribution in [0.5, 0.6) is 11.5 Å². The molecule has 0 radical (unpaired) electrons. The fourth-order valence-electron chi connectivity index (χ4n) is 3.23. The lowest BCUT2D eigenvalue weighted by molar-refractivity contribution is -0.134. The third-order valence-electron chi connectivity index (χ3n) is 5.21. The third kappa shape index (κ3) is 7.09. The van der Waals surface area contributed by atoms with Crippen LogP contribution < -0.4 is 20.3 Å². The van der Waals surface area contributed by atoms with Crippen LogP contribution in [0.4, 0.5) is 0 Å². The molecule has 3 aromatic carbocycles. The highest BCUT2D eigenvalue weighted by Crippen LogP contribution is 2.29. The van der Waals surface area contributed by atoms with E-state index in [1.165, 1.54) is 0 Å². The summed E-state index contributed by atoms with van der Waals surface area (Å²) in [5, 5.41) is 0. The average Bonchev–Trinajstić information content (AvgIpc) is 2.85. The number of hydrazine groups is 1. The average molecular weight is 525 g/mol. The maximum Gasteiger partial charge on any atom is 0.279 e. The highest BCUT2D eigenvalue weighted by atomic mass is 79.9. The number of ether oxygens (including phenoxy) is 2. The molecule has 0 bridgehead atoms. The molecule has 0 fully saturated rings. The number of benzene rings is 3. The maximum atomic E-state index is 12.5. The summed E-state index contributed by atoms with van der Waals surface area (Å²) >= 11 is 3.46. The van der Waals surface area contributed by atoms with Crippen molar-refractivity contribution in [2.75, 3.05) is 6.61 Å². The second kappa shape index (κ2) is 12.2. The van der Waals surface area contributed by atoms with Crippen molar-refractivity contribution in [2.45, 2.75) is 39.2 Å². The largest absolute Gasteiger partial charge is 0.483 e. The lowest BCUT2D eigenvalue weighted by atomic mass is 10.0. The van der Waals surface area contributed by atoms with E-state index < -0.39 is 17.9 Å². The van der Waals surface area contributed by atoms with Crippen molar-refractivity contribution in [1.82, 2.24) is 10.9 Å². The van der Waals surface area contributed by atoms with Gasteiger partial charge in [-0.2, -0.15) is 0 Å². The molecule has 0 saturated heterocycles. The summed E-state index contributed by atoms with van der Waals surface area (Å²) in [6.45, 7) is 5.81. The maximum absolute atomic E-state index is 12.5. The summed E-state index contributed by atoms with van der Waals surface area (Å²) in [7, 11) is 0. The molecule has 1 unspecified atom stereocenters. The van der Waals surface area contributed by atoms with E-state index in [1.807, 2.05) is 79.7 Å². The molecule has 0 spiro atoms. The van der Waals surface area contributed by atoms with E-state index in [4.69, 9.17) is 9.47 Å². The lowest BCUT2D eigenvalue weighted by Gasteiger charge is -2.18. The summed E-state index contributed by atoms with van der Waals surface area (Å²) in [5.74, 6) is 0.603. The van der Waals surface area contributed by atoms with Crippen LogP contribution in [-0.2, 0) is 9.59 Å². The molecular formula is C27H29BrN2O4. The molecular weight excluding hydrogens is 496 g/mol. The van der Waals surface area contributed by atoms with E-state index in [-0.39, 0.29) is 6.61 Å². The molecule has 7 heteroatoms. The minimum Gasteiger partial charge on any atom is -0.483 e. The zero-order chi connectivity index (χ0) is 24.5.